The van der Waals surface area contributed by atoms with Crippen molar-refractivity contribution in [1.29, 1.82) is 5.26 Å². The summed E-state index contributed by atoms with van der Waals surface area (Å²) in [4.78, 5) is 0. The highest BCUT2D eigenvalue weighted by atomic mass is 16.5. The second-order valence-corrected chi connectivity index (χ2v) is 8.55. The Kier molecular flexibility index (Phi) is 6.28. The van der Waals surface area contributed by atoms with Gasteiger partial charge in [-0.1, -0.05) is 48.5 Å². The summed E-state index contributed by atoms with van der Waals surface area (Å²) in [5.74, 6) is 0.860. The zero-order chi connectivity index (χ0) is 23.3. The summed E-state index contributed by atoms with van der Waals surface area (Å²) in [6.07, 6.45) is 4.70. The van der Waals surface area contributed by atoms with Gasteiger partial charge in [-0.15, -0.1) is 0 Å². The van der Waals surface area contributed by atoms with Crippen LogP contribution in [-0.4, -0.2) is 29.0 Å². The number of nitrogens with zero attached hydrogens (tertiary/aromatic N) is 3. The average Bonchev–Trinajstić information content (AvgIpc) is 3.33. The van der Waals surface area contributed by atoms with Crippen molar-refractivity contribution in [3.05, 3.63) is 102 Å². The first-order valence-corrected chi connectivity index (χ1v) is 11.5. The number of aromatic nitrogens is 2. The lowest BCUT2D eigenvalue weighted by Crippen LogP contribution is -2.43. The maximum atomic E-state index is 9.01. The van der Waals surface area contributed by atoms with Gasteiger partial charge in [0, 0.05) is 18.8 Å². The lowest BCUT2D eigenvalue weighted by atomic mass is 9.99. The number of nitriles is 1. The Balaban J connectivity index is 1.30. The normalized spacial score (nSPS) is 15.5. The monoisotopic (exact) mass is 449 g/mol. The molecule has 1 aliphatic rings. The van der Waals surface area contributed by atoms with Crippen LogP contribution in [0.1, 0.15) is 22.7 Å². The van der Waals surface area contributed by atoms with Gasteiger partial charge in [0.2, 0.25) is 0 Å². The molecule has 2 heterocycles. The zero-order valence-electron chi connectivity index (χ0n) is 19.1. The lowest BCUT2D eigenvalue weighted by Gasteiger charge is -2.34. The first-order chi connectivity index (χ1) is 16.7. The number of hydrogen-bond donors (Lipinski definition) is 2. The summed E-state index contributed by atoms with van der Waals surface area (Å²) in [5.41, 5.74) is 6.29. The predicted molar refractivity (Wildman–Crippen MR) is 134 cm³/mol. The molecule has 0 amide bonds. The van der Waals surface area contributed by atoms with E-state index in [0.717, 1.165) is 35.5 Å². The molecule has 6 heteroatoms. The molecule has 1 aliphatic heterocycles. The minimum atomic E-state index is -0.0555. The van der Waals surface area contributed by atoms with Crippen LogP contribution in [0.2, 0.25) is 0 Å². The van der Waals surface area contributed by atoms with Crippen LogP contribution in [-0.2, 0) is 13.5 Å². The fourth-order valence-electron chi connectivity index (χ4n) is 4.36. The molecule has 0 aliphatic carbocycles. The second kappa shape index (κ2) is 9.82. The van der Waals surface area contributed by atoms with Crippen molar-refractivity contribution in [2.45, 2.75) is 18.6 Å². The highest BCUT2D eigenvalue weighted by Gasteiger charge is 2.29. The molecule has 0 bridgehead atoms. The largest absolute Gasteiger partial charge is 0.484 e. The van der Waals surface area contributed by atoms with Crippen molar-refractivity contribution in [3.63, 3.8) is 0 Å². The molecule has 0 radical (unpaired) electrons. The number of hydrogen-bond acceptors (Lipinski definition) is 5. The maximum Gasteiger partial charge on any atom is 0.143 e. The summed E-state index contributed by atoms with van der Waals surface area (Å²) >= 11 is 0. The standard InChI is InChI=1S/C28H27N5O/c1-33-19-24(17-32-33)23-11-12-26-25(15-23)31-18-27(34-26)28(22-5-3-2-4-6-22)30-14-13-20-7-9-21(16-29)10-8-20/h2-12,15,17,19,27-28,30-31H,13-14,18H2,1H3/t27-,28+/m0/s1. The lowest BCUT2D eigenvalue weighted by molar-refractivity contribution is 0.157. The quantitative estimate of drug-likeness (QED) is 0.428. The molecule has 0 spiro atoms. The van der Waals surface area contributed by atoms with Crippen molar-refractivity contribution in [2.75, 3.05) is 18.4 Å². The SMILES string of the molecule is Cn1cc(-c2ccc3c(c2)NC[C@@H]([C@H](NCCc2ccc(C#N)cc2)c2ccccc2)O3)cn1. The van der Waals surface area contributed by atoms with Crippen molar-refractivity contribution >= 4 is 5.69 Å². The zero-order valence-corrected chi connectivity index (χ0v) is 19.1. The van der Waals surface area contributed by atoms with E-state index in [1.54, 1.807) is 0 Å². The summed E-state index contributed by atoms with van der Waals surface area (Å²) in [7, 11) is 1.92. The Morgan fingerprint density at radius 1 is 1.12 bits per heavy atom. The molecule has 1 aromatic heterocycles. The summed E-state index contributed by atoms with van der Waals surface area (Å²) in [5, 5.41) is 20.6. The van der Waals surface area contributed by atoms with Gasteiger partial charge in [0.15, 0.2) is 0 Å². The van der Waals surface area contributed by atoms with E-state index < -0.39 is 0 Å². The molecule has 0 saturated heterocycles. The van der Waals surface area contributed by atoms with Crippen LogP contribution in [0.4, 0.5) is 5.69 Å². The Morgan fingerprint density at radius 2 is 1.94 bits per heavy atom. The van der Waals surface area contributed by atoms with E-state index in [2.05, 4.69) is 58.2 Å². The van der Waals surface area contributed by atoms with Crippen LogP contribution < -0.4 is 15.4 Å². The molecular formula is C28H27N5O. The third kappa shape index (κ3) is 4.80. The topological polar surface area (TPSA) is 74.9 Å². The molecule has 0 fully saturated rings. The van der Waals surface area contributed by atoms with E-state index in [0.29, 0.717) is 12.1 Å². The molecule has 0 saturated carbocycles. The van der Waals surface area contributed by atoms with E-state index in [9.17, 15) is 0 Å². The molecule has 5 rings (SSSR count). The number of benzene rings is 3. The van der Waals surface area contributed by atoms with Crippen molar-refractivity contribution in [1.82, 2.24) is 15.1 Å². The molecule has 6 nitrogen and oxygen atoms in total. The highest BCUT2D eigenvalue weighted by molar-refractivity contribution is 5.71. The van der Waals surface area contributed by atoms with E-state index in [1.807, 2.05) is 60.5 Å². The van der Waals surface area contributed by atoms with Crippen molar-refractivity contribution in [3.8, 4) is 22.9 Å². The number of nitrogens with one attached hydrogen (secondary N) is 2. The number of ether oxygens (including phenoxy) is 1. The second-order valence-electron chi connectivity index (χ2n) is 8.55. The Bertz CT molecular complexity index is 1290. The minimum absolute atomic E-state index is 0.0400. The van der Waals surface area contributed by atoms with Crippen LogP contribution in [0, 0.1) is 11.3 Å². The molecule has 2 atom stereocenters. The summed E-state index contributed by atoms with van der Waals surface area (Å²) in [6, 6.07) is 26.7. The van der Waals surface area contributed by atoms with Gasteiger partial charge < -0.3 is 15.4 Å². The van der Waals surface area contributed by atoms with E-state index in [1.165, 1.54) is 11.1 Å². The fraction of sp³-hybridized carbons (Fsp3) is 0.214. The number of aryl methyl sites for hydroxylation is 1. The van der Waals surface area contributed by atoms with Crippen LogP contribution in [0.15, 0.2) is 85.2 Å². The molecule has 4 aromatic rings. The van der Waals surface area contributed by atoms with Gasteiger partial charge in [-0.25, -0.2) is 0 Å². The van der Waals surface area contributed by atoms with Gasteiger partial charge in [-0.3, -0.25) is 4.68 Å². The summed E-state index contributed by atoms with van der Waals surface area (Å²) in [6.45, 7) is 1.51. The predicted octanol–water partition coefficient (Wildman–Crippen LogP) is 4.71. The van der Waals surface area contributed by atoms with Gasteiger partial charge in [0.05, 0.1) is 36.1 Å². The third-order valence-corrected chi connectivity index (χ3v) is 6.18. The fourth-order valence-corrected chi connectivity index (χ4v) is 4.36. The molecule has 0 unspecified atom stereocenters. The van der Waals surface area contributed by atoms with Crippen LogP contribution in [0.25, 0.3) is 11.1 Å². The summed E-state index contributed by atoms with van der Waals surface area (Å²) < 4.78 is 8.30. The van der Waals surface area contributed by atoms with E-state index in [4.69, 9.17) is 10.00 Å². The number of rotatable bonds is 7. The highest BCUT2D eigenvalue weighted by Crippen LogP contribution is 2.36. The Morgan fingerprint density at radius 3 is 2.68 bits per heavy atom. The van der Waals surface area contributed by atoms with Crippen LogP contribution in [0.5, 0.6) is 5.75 Å². The van der Waals surface area contributed by atoms with E-state index in [-0.39, 0.29) is 12.1 Å². The number of fused-ring (bicyclic) bond motifs is 1. The van der Waals surface area contributed by atoms with Crippen molar-refractivity contribution < 1.29 is 4.74 Å². The third-order valence-electron chi connectivity index (χ3n) is 6.18. The molecular weight excluding hydrogens is 422 g/mol. The van der Waals surface area contributed by atoms with Crippen LogP contribution in [0.3, 0.4) is 0 Å². The smallest absolute Gasteiger partial charge is 0.143 e. The molecule has 3 aromatic carbocycles. The average molecular weight is 450 g/mol. The Hall–Kier alpha value is -4.08. The van der Waals surface area contributed by atoms with Gasteiger partial charge in [-0.05, 0) is 53.9 Å². The first kappa shape index (κ1) is 21.7. The van der Waals surface area contributed by atoms with Gasteiger partial charge in [-0.2, -0.15) is 10.4 Å². The van der Waals surface area contributed by atoms with Crippen molar-refractivity contribution in [2.24, 2.45) is 7.05 Å². The Labute approximate surface area is 199 Å². The molecule has 170 valence electrons. The minimum Gasteiger partial charge on any atom is -0.484 e. The number of anilines is 1. The first-order valence-electron chi connectivity index (χ1n) is 11.5. The van der Waals surface area contributed by atoms with Gasteiger partial charge in [0.25, 0.3) is 0 Å². The maximum absolute atomic E-state index is 9.01. The van der Waals surface area contributed by atoms with Crippen LogP contribution >= 0.6 is 0 Å². The molecule has 2 N–H and O–H groups in total. The molecule has 34 heavy (non-hydrogen) atoms. The van der Waals surface area contributed by atoms with E-state index >= 15 is 0 Å². The van der Waals surface area contributed by atoms with Gasteiger partial charge in [0.1, 0.15) is 11.9 Å². The van der Waals surface area contributed by atoms with Gasteiger partial charge >= 0.3 is 0 Å².